The highest BCUT2D eigenvalue weighted by molar-refractivity contribution is 5.91. The third-order valence-electron chi connectivity index (χ3n) is 12.6. The molecule has 0 radical (unpaired) electrons. The Kier molecular flexibility index (Phi) is 8.78. The molecule has 0 saturated carbocycles. The second kappa shape index (κ2) is 15.1. The summed E-state index contributed by atoms with van der Waals surface area (Å²) in [6.07, 6.45) is 3.63. The summed E-state index contributed by atoms with van der Waals surface area (Å²) in [7, 11) is 0. The second-order valence-electron chi connectivity index (χ2n) is 16.2. The highest BCUT2D eigenvalue weighted by Crippen LogP contribution is 2.61. The van der Waals surface area contributed by atoms with E-state index in [1.54, 1.807) is 0 Å². The summed E-state index contributed by atoms with van der Waals surface area (Å²) in [6, 6.07) is 72.1. The largest absolute Gasteiger partial charge is 0.453 e. The van der Waals surface area contributed by atoms with Crippen molar-refractivity contribution in [3.05, 3.63) is 252 Å². The zero-order valence-electron chi connectivity index (χ0n) is 34.3. The number of benzene rings is 8. The Morgan fingerprint density at radius 1 is 0.397 bits per heavy atom. The van der Waals surface area contributed by atoms with Crippen LogP contribution in [0.2, 0.25) is 0 Å². The Balaban J connectivity index is 0.904. The van der Waals surface area contributed by atoms with Crippen LogP contribution in [0, 0.1) is 0 Å². The van der Waals surface area contributed by atoms with Crippen molar-refractivity contribution < 1.29 is 9.47 Å². The quantitative estimate of drug-likeness (QED) is 0.160. The first-order valence-corrected chi connectivity index (χ1v) is 21.5. The highest BCUT2D eigenvalue weighted by atomic mass is 16.6. The molecule has 0 atom stereocenters. The first kappa shape index (κ1) is 36.7. The van der Waals surface area contributed by atoms with Gasteiger partial charge < -0.3 is 9.47 Å². The SMILES string of the molecule is C1=C(c2cccc(-c3nc(-c4ccccc4)nc(-c4ccc(-c5ccccc5)cc4)n3)c2)CCC2=C1Oc1ccc3c(c1O2)-c1ccccc1C3(c1ccccc1)c1ccccc1. The molecular weight excluding hydrogens is 771 g/mol. The molecule has 298 valence electrons. The fourth-order valence-electron chi connectivity index (χ4n) is 9.65. The van der Waals surface area contributed by atoms with Gasteiger partial charge in [-0.2, -0.15) is 0 Å². The maximum absolute atomic E-state index is 7.00. The smallest absolute Gasteiger partial charge is 0.177 e. The van der Waals surface area contributed by atoms with Crippen LogP contribution in [0.15, 0.2) is 224 Å². The second-order valence-corrected chi connectivity index (χ2v) is 16.2. The van der Waals surface area contributed by atoms with Crippen LogP contribution in [0.5, 0.6) is 11.5 Å². The Morgan fingerprint density at radius 3 is 1.60 bits per heavy atom. The number of fused-ring (bicyclic) bond motifs is 5. The topological polar surface area (TPSA) is 57.1 Å². The number of ether oxygens (including phenoxy) is 2. The van der Waals surface area contributed by atoms with Crippen LogP contribution in [0.25, 0.3) is 62.0 Å². The summed E-state index contributed by atoms with van der Waals surface area (Å²) < 4.78 is 13.8. The number of rotatable bonds is 7. The molecule has 0 unspecified atom stereocenters. The third kappa shape index (κ3) is 6.20. The lowest BCUT2D eigenvalue weighted by atomic mass is 9.68. The maximum atomic E-state index is 7.00. The van der Waals surface area contributed by atoms with Gasteiger partial charge in [-0.3, -0.25) is 0 Å². The summed E-state index contributed by atoms with van der Waals surface area (Å²) in [5.41, 5.74) is 13.9. The van der Waals surface area contributed by atoms with Gasteiger partial charge in [-0.15, -0.1) is 0 Å². The molecule has 0 fully saturated rings. The number of aromatic nitrogens is 3. The Morgan fingerprint density at radius 2 is 0.921 bits per heavy atom. The van der Waals surface area contributed by atoms with Gasteiger partial charge in [0.2, 0.25) is 0 Å². The predicted molar refractivity (Wildman–Crippen MR) is 251 cm³/mol. The van der Waals surface area contributed by atoms with Crippen LogP contribution in [0.1, 0.15) is 40.7 Å². The molecule has 8 aromatic carbocycles. The molecule has 3 aliphatic rings. The molecular formula is C58H39N3O2. The molecule has 63 heavy (non-hydrogen) atoms. The predicted octanol–water partition coefficient (Wildman–Crippen LogP) is 13.8. The van der Waals surface area contributed by atoms with E-state index in [-0.39, 0.29) is 0 Å². The summed E-state index contributed by atoms with van der Waals surface area (Å²) in [6.45, 7) is 0. The molecule has 1 aliphatic heterocycles. The van der Waals surface area contributed by atoms with E-state index in [2.05, 4.69) is 176 Å². The summed E-state index contributed by atoms with van der Waals surface area (Å²) in [5.74, 6) is 4.95. The Labute approximate surface area is 366 Å². The summed E-state index contributed by atoms with van der Waals surface area (Å²) in [4.78, 5) is 15.1. The van der Waals surface area contributed by atoms with Crippen molar-refractivity contribution >= 4 is 5.57 Å². The molecule has 5 heteroatoms. The number of hydrogen-bond acceptors (Lipinski definition) is 5. The molecule has 12 rings (SSSR count). The maximum Gasteiger partial charge on any atom is 0.177 e. The molecule has 0 N–H and O–H groups in total. The van der Waals surface area contributed by atoms with Crippen molar-refractivity contribution in [1.29, 1.82) is 0 Å². The van der Waals surface area contributed by atoms with Crippen molar-refractivity contribution in [3.8, 4) is 67.9 Å². The van der Waals surface area contributed by atoms with Crippen molar-refractivity contribution in [3.63, 3.8) is 0 Å². The van der Waals surface area contributed by atoms with Gasteiger partial charge in [0, 0.05) is 28.7 Å². The van der Waals surface area contributed by atoms with Gasteiger partial charge in [0.1, 0.15) is 5.76 Å². The van der Waals surface area contributed by atoms with Crippen LogP contribution in [-0.4, -0.2) is 15.0 Å². The Hall–Kier alpha value is -8.15. The standard InChI is InChI=1S/C58H39N3O2/c1-5-16-38(17-6-1)39-28-30-41(31-29-39)56-59-55(40-18-7-2-8-19-40)60-57(61-56)44-21-15-20-42(36-44)43-32-34-50-52(37-43)62-51-35-33-49-53(54(51)63-50)47-26-13-14-27-48(47)58(49,45-22-9-3-10-23-45)46-24-11-4-12-25-46/h1-31,33,35-37H,32,34H2. The van der Waals surface area contributed by atoms with E-state index in [0.29, 0.717) is 29.6 Å². The number of allylic oxidation sites excluding steroid dienone is 3. The fourth-order valence-corrected chi connectivity index (χ4v) is 9.65. The molecule has 1 aromatic heterocycles. The Bertz CT molecular complexity index is 3210. The van der Waals surface area contributed by atoms with E-state index in [9.17, 15) is 0 Å². The van der Waals surface area contributed by atoms with E-state index in [1.165, 1.54) is 27.8 Å². The lowest BCUT2D eigenvalue weighted by Crippen LogP contribution is -2.28. The molecule has 0 bridgehead atoms. The van der Waals surface area contributed by atoms with Crippen molar-refractivity contribution in [2.45, 2.75) is 18.3 Å². The van der Waals surface area contributed by atoms with Gasteiger partial charge in [-0.1, -0.05) is 194 Å². The number of hydrogen-bond donors (Lipinski definition) is 0. The summed E-state index contributed by atoms with van der Waals surface area (Å²) >= 11 is 0. The minimum absolute atomic E-state index is 0.514. The van der Waals surface area contributed by atoms with Crippen LogP contribution in [0.4, 0.5) is 0 Å². The van der Waals surface area contributed by atoms with Crippen LogP contribution < -0.4 is 9.47 Å². The van der Waals surface area contributed by atoms with Crippen molar-refractivity contribution in [1.82, 2.24) is 15.0 Å². The summed E-state index contributed by atoms with van der Waals surface area (Å²) in [5, 5.41) is 0. The zero-order valence-corrected chi connectivity index (χ0v) is 34.3. The average Bonchev–Trinajstić information content (AvgIpc) is 3.68. The lowest BCUT2D eigenvalue weighted by Gasteiger charge is -2.34. The van der Waals surface area contributed by atoms with E-state index in [4.69, 9.17) is 24.4 Å². The first-order valence-electron chi connectivity index (χ1n) is 21.5. The van der Waals surface area contributed by atoms with Crippen LogP contribution in [-0.2, 0) is 5.41 Å². The highest BCUT2D eigenvalue weighted by Gasteiger charge is 2.48. The molecule has 9 aromatic rings. The number of nitrogens with zero attached hydrogens (tertiary/aromatic N) is 3. The van der Waals surface area contributed by atoms with Gasteiger partial charge in [-0.05, 0) is 74.7 Å². The molecule has 0 amide bonds. The first-order chi connectivity index (χ1) is 31.2. The lowest BCUT2D eigenvalue weighted by molar-refractivity contribution is 0.292. The molecule has 2 aliphatic carbocycles. The van der Waals surface area contributed by atoms with Gasteiger partial charge in [-0.25, -0.2) is 15.0 Å². The van der Waals surface area contributed by atoms with Crippen molar-refractivity contribution in [2.24, 2.45) is 0 Å². The molecule has 0 spiro atoms. The van der Waals surface area contributed by atoms with Crippen LogP contribution >= 0.6 is 0 Å². The van der Waals surface area contributed by atoms with E-state index >= 15 is 0 Å². The third-order valence-corrected chi connectivity index (χ3v) is 12.6. The van der Waals surface area contributed by atoms with Crippen LogP contribution in [0.3, 0.4) is 0 Å². The monoisotopic (exact) mass is 809 g/mol. The minimum atomic E-state index is -0.514. The minimum Gasteiger partial charge on any atom is -0.453 e. The molecule has 2 heterocycles. The molecule has 0 saturated heterocycles. The fraction of sp³-hybridized carbons (Fsp3) is 0.0517. The van der Waals surface area contributed by atoms with E-state index < -0.39 is 5.41 Å². The van der Waals surface area contributed by atoms with Gasteiger partial charge in [0.15, 0.2) is 34.7 Å². The van der Waals surface area contributed by atoms with Gasteiger partial charge in [0.05, 0.1) is 5.41 Å². The molecule has 5 nitrogen and oxygen atoms in total. The van der Waals surface area contributed by atoms with E-state index in [1.807, 2.05) is 36.4 Å². The van der Waals surface area contributed by atoms with E-state index in [0.717, 1.165) is 68.2 Å². The van der Waals surface area contributed by atoms with Gasteiger partial charge in [0.25, 0.3) is 0 Å². The zero-order chi connectivity index (χ0) is 41.7. The average molecular weight is 810 g/mol. The van der Waals surface area contributed by atoms with Gasteiger partial charge >= 0.3 is 0 Å². The normalized spacial score (nSPS) is 14.3. The van der Waals surface area contributed by atoms with Crippen molar-refractivity contribution in [2.75, 3.05) is 0 Å².